The molecule has 4 nitrogen and oxygen atoms in total. The van der Waals surface area contributed by atoms with Gasteiger partial charge in [0.15, 0.2) is 5.76 Å². The van der Waals surface area contributed by atoms with E-state index in [-0.39, 0.29) is 12.1 Å². The van der Waals surface area contributed by atoms with Gasteiger partial charge in [-0.3, -0.25) is 0 Å². The molecule has 1 heterocycles. The maximum atomic E-state index is 6.18. The molecular weight excluding hydrogens is 312 g/mol. The first-order valence-corrected chi connectivity index (χ1v) is 8.72. The lowest BCUT2D eigenvalue weighted by Crippen LogP contribution is -2.05. The first kappa shape index (κ1) is 15.9. The van der Waals surface area contributed by atoms with Crippen molar-refractivity contribution in [3.63, 3.8) is 0 Å². The maximum absolute atomic E-state index is 6.18. The molecule has 4 rings (SSSR count). The molecule has 0 fully saturated rings. The van der Waals surface area contributed by atoms with Crippen LogP contribution in [0.4, 0.5) is 0 Å². The van der Waals surface area contributed by atoms with E-state index >= 15 is 0 Å². The van der Waals surface area contributed by atoms with Gasteiger partial charge in [0.2, 0.25) is 5.89 Å². The van der Waals surface area contributed by atoms with E-state index in [0.717, 1.165) is 35.5 Å². The number of nitrogens with zero attached hydrogens (tertiary/aromatic N) is 1. The summed E-state index contributed by atoms with van der Waals surface area (Å²) in [5.41, 5.74) is 10.7. The van der Waals surface area contributed by atoms with Crippen molar-refractivity contribution >= 4 is 0 Å². The Balaban J connectivity index is 1.63. The number of benzene rings is 2. The summed E-state index contributed by atoms with van der Waals surface area (Å²) in [6.07, 6.45) is 3.94. The van der Waals surface area contributed by atoms with E-state index in [1.54, 1.807) is 6.20 Å². The zero-order chi connectivity index (χ0) is 17.4. The molecule has 0 bridgehead atoms. The molecule has 2 aromatic carbocycles. The Labute approximate surface area is 147 Å². The van der Waals surface area contributed by atoms with E-state index in [1.807, 2.05) is 44.2 Å². The normalized spacial score (nSPS) is 16.2. The van der Waals surface area contributed by atoms with Crippen molar-refractivity contribution < 1.29 is 9.15 Å². The highest BCUT2D eigenvalue weighted by molar-refractivity contribution is 5.67. The molecule has 0 aliphatic heterocycles. The highest BCUT2D eigenvalue weighted by atomic mass is 16.5. The molecule has 1 unspecified atom stereocenters. The number of hydrogen-bond donors (Lipinski definition) is 1. The lowest BCUT2D eigenvalue weighted by atomic mass is 10.0. The van der Waals surface area contributed by atoms with Crippen LogP contribution in [-0.4, -0.2) is 11.1 Å². The third-order valence-corrected chi connectivity index (χ3v) is 4.56. The number of hydrogen-bond acceptors (Lipinski definition) is 4. The minimum Gasteiger partial charge on any atom is -0.491 e. The van der Waals surface area contributed by atoms with Crippen molar-refractivity contribution in [1.29, 1.82) is 0 Å². The molecule has 3 aromatic rings. The largest absolute Gasteiger partial charge is 0.491 e. The van der Waals surface area contributed by atoms with Gasteiger partial charge >= 0.3 is 0 Å². The molecule has 0 radical (unpaired) electrons. The van der Waals surface area contributed by atoms with E-state index in [4.69, 9.17) is 14.9 Å². The standard InChI is InChI=1S/C21H22N2O2/c1-13(2)24-15-8-6-14(7-9-15)21-23-12-20(25-21)18-5-3-4-17-16(18)10-11-19(17)22/h3-9,12-13,19H,10-11,22H2,1-2H3. The van der Waals surface area contributed by atoms with E-state index in [0.29, 0.717) is 5.89 Å². The van der Waals surface area contributed by atoms with E-state index in [1.165, 1.54) is 11.1 Å². The molecule has 1 aliphatic carbocycles. The quantitative estimate of drug-likeness (QED) is 0.748. The van der Waals surface area contributed by atoms with Gasteiger partial charge < -0.3 is 14.9 Å². The van der Waals surface area contributed by atoms with Crippen LogP contribution in [-0.2, 0) is 6.42 Å². The molecule has 0 amide bonds. The third-order valence-electron chi connectivity index (χ3n) is 4.56. The topological polar surface area (TPSA) is 61.3 Å². The molecule has 128 valence electrons. The van der Waals surface area contributed by atoms with Crippen LogP contribution >= 0.6 is 0 Å². The summed E-state index contributed by atoms with van der Waals surface area (Å²) < 4.78 is 11.7. The fraction of sp³-hybridized carbons (Fsp3) is 0.286. The molecule has 0 saturated carbocycles. The smallest absolute Gasteiger partial charge is 0.226 e. The number of oxazole rings is 1. The molecule has 25 heavy (non-hydrogen) atoms. The minimum atomic E-state index is 0.130. The van der Waals surface area contributed by atoms with E-state index in [9.17, 15) is 0 Å². The van der Waals surface area contributed by atoms with Crippen LogP contribution in [0.1, 0.15) is 37.4 Å². The molecule has 0 spiro atoms. The summed E-state index contributed by atoms with van der Waals surface area (Å²) in [7, 11) is 0. The SMILES string of the molecule is CC(C)Oc1ccc(-c2ncc(-c3cccc4c3CCC4N)o2)cc1. The highest BCUT2D eigenvalue weighted by Gasteiger charge is 2.23. The third kappa shape index (κ3) is 3.05. The van der Waals surface area contributed by atoms with Crippen LogP contribution < -0.4 is 10.5 Å². The van der Waals surface area contributed by atoms with Crippen molar-refractivity contribution in [2.75, 3.05) is 0 Å². The van der Waals surface area contributed by atoms with Gasteiger partial charge in [0, 0.05) is 17.2 Å². The predicted octanol–water partition coefficient (Wildman–Crippen LogP) is 4.74. The predicted molar refractivity (Wildman–Crippen MR) is 98.4 cm³/mol. The summed E-state index contributed by atoms with van der Waals surface area (Å²) >= 11 is 0. The van der Waals surface area contributed by atoms with Crippen LogP contribution in [0.25, 0.3) is 22.8 Å². The molecule has 1 aromatic heterocycles. The summed E-state index contributed by atoms with van der Waals surface area (Å²) in [4.78, 5) is 4.46. The van der Waals surface area contributed by atoms with Crippen molar-refractivity contribution in [2.24, 2.45) is 5.73 Å². The van der Waals surface area contributed by atoms with Gasteiger partial charge in [-0.25, -0.2) is 4.98 Å². The van der Waals surface area contributed by atoms with Gasteiger partial charge in [0.25, 0.3) is 0 Å². The Hall–Kier alpha value is -2.59. The van der Waals surface area contributed by atoms with Gasteiger partial charge in [-0.2, -0.15) is 0 Å². The summed E-state index contributed by atoms with van der Waals surface area (Å²) in [5.74, 6) is 2.26. The fourth-order valence-corrected chi connectivity index (χ4v) is 3.40. The number of ether oxygens (including phenoxy) is 1. The Kier molecular flexibility index (Phi) is 4.06. The van der Waals surface area contributed by atoms with Gasteiger partial charge in [0.1, 0.15) is 5.75 Å². The second-order valence-corrected chi connectivity index (χ2v) is 6.74. The van der Waals surface area contributed by atoms with Crippen molar-refractivity contribution in [2.45, 2.75) is 38.8 Å². The second-order valence-electron chi connectivity index (χ2n) is 6.74. The summed E-state index contributed by atoms with van der Waals surface area (Å²) in [6, 6.07) is 14.2. The zero-order valence-corrected chi connectivity index (χ0v) is 14.5. The van der Waals surface area contributed by atoms with Crippen LogP contribution in [0.5, 0.6) is 5.75 Å². The average molecular weight is 334 g/mol. The van der Waals surface area contributed by atoms with Gasteiger partial charge in [-0.1, -0.05) is 18.2 Å². The molecule has 4 heteroatoms. The Bertz CT molecular complexity index is 881. The second kappa shape index (κ2) is 6.37. The summed E-state index contributed by atoms with van der Waals surface area (Å²) in [6.45, 7) is 4.02. The zero-order valence-electron chi connectivity index (χ0n) is 14.5. The maximum Gasteiger partial charge on any atom is 0.226 e. The summed E-state index contributed by atoms with van der Waals surface area (Å²) in [5, 5.41) is 0. The Morgan fingerprint density at radius 3 is 2.72 bits per heavy atom. The highest BCUT2D eigenvalue weighted by Crippen LogP contribution is 2.37. The van der Waals surface area contributed by atoms with Gasteiger partial charge in [-0.15, -0.1) is 0 Å². The Morgan fingerprint density at radius 1 is 1.16 bits per heavy atom. The van der Waals surface area contributed by atoms with E-state index < -0.39 is 0 Å². The number of rotatable bonds is 4. The number of fused-ring (bicyclic) bond motifs is 1. The fourth-order valence-electron chi connectivity index (χ4n) is 3.40. The number of aromatic nitrogens is 1. The van der Waals surface area contributed by atoms with Crippen LogP contribution in [0.2, 0.25) is 0 Å². The van der Waals surface area contributed by atoms with Crippen LogP contribution in [0.3, 0.4) is 0 Å². The lowest BCUT2D eigenvalue weighted by molar-refractivity contribution is 0.242. The monoisotopic (exact) mass is 334 g/mol. The number of nitrogens with two attached hydrogens (primary N) is 1. The molecule has 1 aliphatic rings. The Morgan fingerprint density at radius 2 is 1.96 bits per heavy atom. The average Bonchev–Trinajstić information content (AvgIpc) is 3.23. The minimum absolute atomic E-state index is 0.130. The van der Waals surface area contributed by atoms with Crippen LogP contribution in [0.15, 0.2) is 53.1 Å². The van der Waals surface area contributed by atoms with Gasteiger partial charge in [-0.05, 0) is 62.1 Å². The van der Waals surface area contributed by atoms with Crippen molar-refractivity contribution in [3.05, 3.63) is 59.8 Å². The van der Waals surface area contributed by atoms with Gasteiger partial charge in [0.05, 0.1) is 12.3 Å². The van der Waals surface area contributed by atoms with Crippen LogP contribution in [0, 0.1) is 0 Å². The van der Waals surface area contributed by atoms with E-state index in [2.05, 4.69) is 17.1 Å². The lowest BCUT2D eigenvalue weighted by Gasteiger charge is -2.09. The molecule has 0 saturated heterocycles. The first-order valence-electron chi connectivity index (χ1n) is 8.72. The van der Waals surface area contributed by atoms with Crippen molar-refractivity contribution in [3.8, 4) is 28.5 Å². The first-order chi connectivity index (χ1) is 12.1. The molecule has 2 N–H and O–H groups in total. The molecular formula is C21H22N2O2. The van der Waals surface area contributed by atoms with Crippen molar-refractivity contribution in [1.82, 2.24) is 4.98 Å². The molecule has 1 atom stereocenters.